The second kappa shape index (κ2) is 4.90. The van der Waals surface area contributed by atoms with Gasteiger partial charge in [-0.2, -0.15) is 0 Å². The van der Waals surface area contributed by atoms with Crippen LogP contribution in [0.5, 0.6) is 0 Å². The lowest BCUT2D eigenvalue weighted by Gasteiger charge is -2.21. The molecule has 3 heterocycles. The van der Waals surface area contributed by atoms with Gasteiger partial charge in [0.15, 0.2) is 0 Å². The molecule has 0 aliphatic carbocycles. The molecule has 0 spiro atoms. The fourth-order valence-corrected chi connectivity index (χ4v) is 3.89. The summed E-state index contributed by atoms with van der Waals surface area (Å²) in [7, 11) is 0. The normalized spacial score (nSPS) is 20.1. The Morgan fingerprint density at radius 1 is 1.29 bits per heavy atom. The van der Waals surface area contributed by atoms with Crippen molar-refractivity contribution in [3.8, 4) is 0 Å². The standard InChI is InChI=1S/C18H23N3/c1-13(2)16-12-20(17-7-4-3-6-15(16)17)11-14-10-19-18-8-5-9-21(14)18/h3-4,6-7,10,13,16H,5,8-9,11-12H2,1-2H3. The summed E-state index contributed by atoms with van der Waals surface area (Å²) in [4.78, 5) is 7.13. The summed E-state index contributed by atoms with van der Waals surface area (Å²) in [5, 5.41) is 0. The smallest absolute Gasteiger partial charge is 0.108 e. The second-order valence-electron chi connectivity index (χ2n) is 6.71. The van der Waals surface area contributed by atoms with Crippen LogP contribution in [0.3, 0.4) is 0 Å². The lowest BCUT2D eigenvalue weighted by molar-refractivity contribution is 0.512. The second-order valence-corrected chi connectivity index (χ2v) is 6.71. The molecule has 2 aliphatic heterocycles. The minimum atomic E-state index is 0.655. The zero-order chi connectivity index (χ0) is 14.4. The number of hydrogen-bond acceptors (Lipinski definition) is 2. The molecule has 0 radical (unpaired) electrons. The van der Waals surface area contributed by atoms with Crippen LogP contribution in [-0.4, -0.2) is 16.1 Å². The van der Waals surface area contributed by atoms with Gasteiger partial charge in [0, 0.05) is 31.1 Å². The highest BCUT2D eigenvalue weighted by molar-refractivity contribution is 5.60. The Morgan fingerprint density at radius 2 is 2.14 bits per heavy atom. The highest BCUT2D eigenvalue weighted by atomic mass is 15.2. The van der Waals surface area contributed by atoms with Crippen molar-refractivity contribution in [2.75, 3.05) is 11.4 Å². The number of anilines is 1. The molecule has 1 unspecified atom stereocenters. The van der Waals surface area contributed by atoms with Crippen molar-refractivity contribution in [3.63, 3.8) is 0 Å². The predicted octanol–water partition coefficient (Wildman–Crippen LogP) is 3.59. The minimum Gasteiger partial charge on any atom is -0.365 e. The van der Waals surface area contributed by atoms with E-state index in [2.05, 4.69) is 58.8 Å². The maximum absolute atomic E-state index is 4.59. The van der Waals surface area contributed by atoms with Crippen molar-refractivity contribution >= 4 is 5.69 Å². The number of benzene rings is 1. The highest BCUT2D eigenvalue weighted by Gasteiger charge is 2.31. The Morgan fingerprint density at radius 3 is 3.00 bits per heavy atom. The van der Waals surface area contributed by atoms with Gasteiger partial charge in [0.1, 0.15) is 5.82 Å². The molecule has 4 rings (SSSR count). The molecule has 2 aromatic rings. The number of aryl methyl sites for hydroxylation is 1. The summed E-state index contributed by atoms with van der Waals surface area (Å²) in [6.07, 6.45) is 4.48. The summed E-state index contributed by atoms with van der Waals surface area (Å²) in [6.45, 7) is 7.95. The topological polar surface area (TPSA) is 21.1 Å². The van der Waals surface area contributed by atoms with E-state index in [-0.39, 0.29) is 0 Å². The van der Waals surface area contributed by atoms with Crippen LogP contribution in [0.15, 0.2) is 30.5 Å². The van der Waals surface area contributed by atoms with Gasteiger partial charge in [0.05, 0.1) is 18.4 Å². The van der Waals surface area contributed by atoms with Gasteiger partial charge < -0.3 is 9.47 Å². The average Bonchev–Trinajstić information content (AvgIpc) is 3.15. The molecule has 3 nitrogen and oxygen atoms in total. The van der Waals surface area contributed by atoms with E-state index in [9.17, 15) is 0 Å². The Kier molecular flexibility index (Phi) is 3.02. The van der Waals surface area contributed by atoms with Crippen molar-refractivity contribution < 1.29 is 0 Å². The number of nitrogens with zero attached hydrogens (tertiary/aromatic N) is 3. The van der Waals surface area contributed by atoms with Gasteiger partial charge in [-0.15, -0.1) is 0 Å². The fourth-order valence-electron chi connectivity index (χ4n) is 3.89. The van der Waals surface area contributed by atoms with Crippen LogP contribution in [0.4, 0.5) is 5.69 Å². The van der Waals surface area contributed by atoms with Crippen molar-refractivity contribution in [2.45, 2.75) is 45.7 Å². The third-order valence-corrected chi connectivity index (χ3v) is 5.05. The summed E-state index contributed by atoms with van der Waals surface area (Å²) < 4.78 is 2.42. The van der Waals surface area contributed by atoms with Crippen molar-refractivity contribution in [1.29, 1.82) is 0 Å². The number of hydrogen-bond donors (Lipinski definition) is 0. The van der Waals surface area contributed by atoms with E-state index in [0.717, 1.165) is 26.1 Å². The van der Waals surface area contributed by atoms with Crippen LogP contribution in [0, 0.1) is 5.92 Å². The number of imidazole rings is 1. The lowest BCUT2D eigenvalue weighted by Crippen LogP contribution is -2.24. The maximum Gasteiger partial charge on any atom is 0.108 e. The van der Waals surface area contributed by atoms with E-state index in [1.807, 2.05) is 0 Å². The average molecular weight is 281 g/mol. The Hall–Kier alpha value is -1.77. The van der Waals surface area contributed by atoms with Crippen molar-refractivity contribution in [1.82, 2.24) is 9.55 Å². The molecule has 0 saturated heterocycles. The molecule has 110 valence electrons. The number of fused-ring (bicyclic) bond motifs is 2. The van der Waals surface area contributed by atoms with Crippen LogP contribution < -0.4 is 4.90 Å². The number of rotatable bonds is 3. The molecule has 1 aromatic heterocycles. The third-order valence-electron chi connectivity index (χ3n) is 5.05. The molecule has 0 amide bonds. The van der Waals surface area contributed by atoms with Gasteiger partial charge in [-0.3, -0.25) is 0 Å². The van der Waals surface area contributed by atoms with Crippen LogP contribution >= 0.6 is 0 Å². The largest absolute Gasteiger partial charge is 0.365 e. The van der Waals surface area contributed by atoms with Gasteiger partial charge in [0.2, 0.25) is 0 Å². The molecule has 21 heavy (non-hydrogen) atoms. The molecule has 0 saturated carbocycles. The first-order valence-electron chi connectivity index (χ1n) is 8.11. The van der Waals surface area contributed by atoms with Gasteiger partial charge in [-0.1, -0.05) is 32.0 Å². The van der Waals surface area contributed by atoms with Crippen LogP contribution in [0.2, 0.25) is 0 Å². The SMILES string of the molecule is CC(C)C1CN(Cc2cnc3n2CCC3)c2ccccc21. The monoisotopic (exact) mass is 281 g/mol. The summed E-state index contributed by atoms with van der Waals surface area (Å²) in [5.41, 5.74) is 4.32. The van der Waals surface area contributed by atoms with E-state index < -0.39 is 0 Å². The molecular weight excluding hydrogens is 258 g/mol. The van der Waals surface area contributed by atoms with Crippen LogP contribution in [0.25, 0.3) is 0 Å². The van der Waals surface area contributed by atoms with Crippen molar-refractivity contribution in [2.24, 2.45) is 5.92 Å². The quantitative estimate of drug-likeness (QED) is 0.857. The fraction of sp³-hybridized carbons (Fsp3) is 0.500. The first kappa shape index (κ1) is 12.9. The van der Waals surface area contributed by atoms with E-state index in [0.29, 0.717) is 11.8 Å². The maximum atomic E-state index is 4.59. The van der Waals surface area contributed by atoms with Gasteiger partial charge >= 0.3 is 0 Å². The number of para-hydroxylation sites is 1. The molecule has 2 aliphatic rings. The highest BCUT2D eigenvalue weighted by Crippen LogP contribution is 2.40. The Labute approximate surface area is 126 Å². The number of aromatic nitrogens is 2. The zero-order valence-corrected chi connectivity index (χ0v) is 12.9. The first-order valence-corrected chi connectivity index (χ1v) is 8.11. The Balaban J connectivity index is 1.64. The first-order chi connectivity index (χ1) is 10.2. The molecule has 0 N–H and O–H groups in total. The summed E-state index contributed by atoms with van der Waals surface area (Å²) in [5.74, 6) is 2.62. The van der Waals surface area contributed by atoms with E-state index in [1.165, 1.54) is 29.2 Å². The molecule has 3 heteroatoms. The summed E-state index contributed by atoms with van der Waals surface area (Å²) in [6, 6.07) is 8.92. The molecule has 1 aromatic carbocycles. The van der Waals surface area contributed by atoms with Crippen molar-refractivity contribution in [3.05, 3.63) is 47.5 Å². The third kappa shape index (κ3) is 2.06. The molecule has 0 fully saturated rings. The van der Waals surface area contributed by atoms with Gasteiger partial charge in [0.25, 0.3) is 0 Å². The van der Waals surface area contributed by atoms with Gasteiger partial charge in [-0.25, -0.2) is 4.98 Å². The van der Waals surface area contributed by atoms with E-state index >= 15 is 0 Å². The lowest BCUT2D eigenvalue weighted by atomic mass is 9.90. The van der Waals surface area contributed by atoms with E-state index in [1.54, 1.807) is 0 Å². The van der Waals surface area contributed by atoms with Crippen LogP contribution in [-0.2, 0) is 19.5 Å². The zero-order valence-electron chi connectivity index (χ0n) is 12.9. The van der Waals surface area contributed by atoms with Crippen LogP contribution in [0.1, 0.15) is 43.3 Å². The molecule has 1 atom stereocenters. The molecule has 0 bridgehead atoms. The minimum absolute atomic E-state index is 0.655. The predicted molar refractivity (Wildman–Crippen MR) is 85.6 cm³/mol. The Bertz CT molecular complexity index is 656. The van der Waals surface area contributed by atoms with Gasteiger partial charge in [-0.05, 0) is 24.0 Å². The van der Waals surface area contributed by atoms with E-state index in [4.69, 9.17) is 0 Å². The molecular formula is C18H23N3. The summed E-state index contributed by atoms with van der Waals surface area (Å²) >= 11 is 0.